The van der Waals surface area contributed by atoms with Crippen molar-refractivity contribution in [1.29, 1.82) is 0 Å². The van der Waals surface area contributed by atoms with E-state index < -0.39 is 0 Å². The monoisotopic (exact) mass is 339 g/mol. The van der Waals surface area contributed by atoms with Crippen LogP contribution in [-0.4, -0.2) is 11.5 Å². The topological polar surface area (TPSA) is 37.0 Å². The minimum absolute atomic E-state index is 0.875. The summed E-state index contributed by atoms with van der Waals surface area (Å²) < 4.78 is 1.23. The Kier molecular flexibility index (Phi) is 4.19. The molecule has 4 heteroatoms. The van der Waals surface area contributed by atoms with Crippen LogP contribution in [0, 0.1) is 3.57 Å². The standard InChI is InChI=1S/C13H14IN3/c1-2-15-13-9-12(7-8-16-13)17-11-5-3-10(14)4-6-11/h3-9H,2H2,1H3,(H2,15,16,17). The normalized spacial score (nSPS) is 10.0. The average molecular weight is 339 g/mol. The maximum atomic E-state index is 4.23. The van der Waals surface area contributed by atoms with Gasteiger partial charge >= 0.3 is 0 Å². The second kappa shape index (κ2) is 5.86. The van der Waals surface area contributed by atoms with Crippen LogP contribution in [0.5, 0.6) is 0 Å². The van der Waals surface area contributed by atoms with E-state index in [0.29, 0.717) is 0 Å². The summed E-state index contributed by atoms with van der Waals surface area (Å²) in [5.74, 6) is 0.892. The fraction of sp³-hybridized carbons (Fsp3) is 0.154. The molecule has 1 aromatic carbocycles. The highest BCUT2D eigenvalue weighted by Crippen LogP contribution is 2.19. The van der Waals surface area contributed by atoms with Gasteiger partial charge in [-0.25, -0.2) is 4.98 Å². The van der Waals surface area contributed by atoms with Crippen LogP contribution in [-0.2, 0) is 0 Å². The van der Waals surface area contributed by atoms with Gasteiger partial charge in [0.1, 0.15) is 5.82 Å². The van der Waals surface area contributed by atoms with Gasteiger partial charge in [0.2, 0.25) is 0 Å². The highest BCUT2D eigenvalue weighted by Gasteiger charge is 1.97. The van der Waals surface area contributed by atoms with Gasteiger partial charge in [0.25, 0.3) is 0 Å². The molecule has 0 atom stereocenters. The van der Waals surface area contributed by atoms with Crippen LogP contribution in [0.3, 0.4) is 0 Å². The van der Waals surface area contributed by atoms with Crippen molar-refractivity contribution < 1.29 is 0 Å². The van der Waals surface area contributed by atoms with Gasteiger partial charge in [-0.15, -0.1) is 0 Å². The summed E-state index contributed by atoms with van der Waals surface area (Å²) in [5.41, 5.74) is 2.12. The summed E-state index contributed by atoms with van der Waals surface area (Å²) in [6.07, 6.45) is 1.80. The third kappa shape index (κ3) is 3.59. The van der Waals surface area contributed by atoms with E-state index >= 15 is 0 Å². The smallest absolute Gasteiger partial charge is 0.127 e. The SMILES string of the molecule is CCNc1cc(Nc2ccc(I)cc2)ccn1. The van der Waals surface area contributed by atoms with E-state index in [1.165, 1.54) is 3.57 Å². The summed E-state index contributed by atoms with van der Waals surface area (Å²) in [4.78, 5) is 4.23. The molecule has 0 saturated heterocycles. The van der Waals surface area contributed by atoms with E-state index in [1.54, 1.807) is 6.20 Å². The predicted octanol–water partition coefficient (Wildman–Crippen LogP) is 3.86. The van der Waals surface area contributed by atoms with Gasteiger partial charge in [0.05, 0.1) is 0 Å². The van der Waals surface area contributed by atoms with Gasteiger partial charge in [-0.2, -0.15) is 0 Å². The van der Waals surface area contributed by atoms with Crippen molar-refractivity contribution in [3.05, 3.63) is 46.2 Å². The van der Waals surface area contributed by atoms with Gasteiger partial charge in [0, 0.05) is 33.8 Å². The molecule has 1 aromatic heterocycles. The van der Waals surface area contributed by atoms with Crippen LogP contribution >= 0.6 is 22.6 Å². The molecule has 0 fully saturated rings. The van der Waals surface area contributed by atoms with Crippen LogP contribution in [0.4, 0.5) is 17.2 Å². The second-order valence-corrected chi connectivity index (χ2v) is 4.84. The summed E-state index contributed by atoms with van der Waals surface area (Å²) in [6, 6.07) is 12.2. The number of hydrogen-bond donors (Lipinski definition) is 2. The molecule has 88 valence electrons. The van der Waals surface area contributed by atoms with Gasteiger partial charge in [-0.3, -0.25) is 0 Å². The maximum Gasteiger partial charge on any atom is 0.127 e. The lowest BCUT2D eigenvalue weighted by molar-refractivity contribution is 1.16. The van der Waals surface area contributed by atoms with Crippen molar-refractivity contribution in [1.82, 2.24) is 4.98 Å². The van der Waals surface area contributed by atoms with E-state index in [4.69, 9.17) is 0 Å². The molecule has 0 unspecified atom stereocenters. The lowest BCUT2D eigenvalue weighted by Gasteiger charge is -2.08. The number of halogens is 1. The third-order valence-electron chi connectivity index (χ3n) is 2.25. The Balaban J connectivity index is 2.12. The van der Waals surface area contributed by atoms with E-state index in [1.807, 2.05) is 12.1 Å². The second-order valence-electron chi connectivity index (χ2n) is 3.59. The summed E-state index contributed by atoms with van der Waals surface area (Å²) >= 11 is 2.30. The van der Waals surface area contributed by atoms with Crippen molar-refractivity contribution in [3.8, 4) is 0 Å². The molecule has 0 radical (unpaired) electrons. The molecule has 0 aliphatic rings. The van der Waals surface area contributed by atoms with Crippen molar-refractivity contribution >= 4 is 39.8 Å². The molecule has 0 aliphatic heterocycles. The molecule has 2 rings (SSSR count). The van der Waals surface area contributed by atoms with Gasteiger partial charge in [0.15, 0.2) is 0 Å². The van der Waals surface area contributed by atoms with Gasteiger partial charge in [-0.1, -0.05) is 0 Å². The molecule has 1 heterocycles. The molecule has 2 aromatic rings. The first-order valence-electron chi connectivity index (χ1n) is 5.50. The van der Waals surface area contributed by atoms with E-state index in [9.17, 15) is 0 Å². The average Bonchev–Trinajstić information content (AvgIpc) is 2.33. The number of benzene rings is 1. The first-order valence-corrected chi connectivity index (χ1v) is 6.58. The van der Waals surface area contributed by atoms with Crippen LogP contribution in [0.25, 0.3) is 0 Å². The molecule has 0 amide bonds. The summed E-state index contributed by atoms with van der Waals surface area (Å²) in [6.45, 7) is 2.93. The number of pyridine rings is 1. The Labute approximate surface area is 115 Å². The van der Waals surface area contributed by atoms with Crippen molar-refractivity contribution in [2.45, 2.75) is 6.92 Å². The van der Waals surface area contributed by atoms with E-state index in [0.717, 1.165) is 23.7 Å². The molecule has 0 saturated carbocycles. The largest absolute Gasteiger partial charge is 0.370 e. The predicted molar refractivity (Wildman–Crippen MR) is 80.8 cm³/mol. The lowest BCUT2D eigenvalue weighted by Crippen LogP contribution is -1.99. The molecule has 2 N–H and O–H groups in total. The van der Waals surface area contributed by atoms with Crippen LogP contribution in [0.1, 0.15) is 6.92 Å². The van der Waals surface area contributed by atoms with Gasteiger partial charge in [-0.05, 0) is 59.8 Å². The summed E-state index contributed by atoms with van der Waals surface area (Å²) in [5, 5.41) is 6.54. The minimum Gasteiger partial charge on any atom is -0.370 e. The first-order chi connectivity index (χ1) is 8.28. The number of hydrogen-bond acceptors (Lipinski definition) is 3. The Morgan fingerprint density at radius 2 is 1.88 bits per heavy atom. The quantitative estimate of drug-likeness (QED) is 0.831. The number of nitrogens with zero attached hydrogens (tertiary/aromatic N) is 1. The zero-order valence-corrected chi connectivity index (χ0v) is 11.7. The minimum atomic E-state index is 0.875. The lowest BCUT2D eigenvalue weighted by atomic mass is 10.3. The van der Waals surface area contributed by atoms with Crippen LogP contribution in [0.2, 0.25) is 0 Å². The van der Waals surface area contributed by atoms with Gasteiger partial charge < -0.3 is 10.6 Å². The number of aromatic nitrogens is 1. The molecule has 3 nitrogen and oxygen atoms in total. The summed E-state index contributed by atoms with van der Waals surface area (Å²) in [7, 11) is 0. The molecular formula is C13H14IN3. The molecular weight excluding hydrogens is 325 g/mol. The van der Waals surface area contributed by atoms with Crippen molar-refractivity contribution in [2.24, 2.45) is 0 Å². The fourth-order valence-electron chi connectivity index (χ4n) is 1.49. The highest BCUT2D eigenvalue weighted by atomic mass is 127. The van der Waals surface area contributed by atoms with Crippen molar-refractivity contribution in [2.75, 3.05) is 17.2 Å². The van der Waals surface area contributed by atoms with Crippen molar-refractivity contribution in [3.63, 3.8) is 0 Å². The zero-order valence-electron chi connectivity index (χ0n) is 9.57. The Hall–Kier alpha value is -1.30. The fourth-order valence-corrected chi connectivity index (χ4v) is 1.85. The molecule has 0 bridgehead atoms. The Morgan fingerprint density at radius 3 is 2.59 bits per heavy atom. The van der Waals surface area contributed by atoms with Crippen LogP contribution in [0.15, 0.2) is 42.6 Å². The Bertz CT molecular complexity index is 482. The molecule has 17 heavy (non-hydrogen) atoms. The number of rotatable bonds is 4. The van der Waals surface area contributed by atoms with E-state index in [-0.39, 0.29) is 0 Å². The number of anilines is 3. The van der Waals surface area contributed by atoms with E-state index in [2.05, 4.69) is 69.4 Å². The third-order valence-corrected chi connectivity index (χ3v) is 2.97. The Morgan fingerprint density at radius 1 is 1.12 bits per heavy atom. The zero-order chi connectivity index (χ0) is 12.1. The molecule has 0 aliphatic carbocycles. The highest BCUT2D eigenvalue weighted by molar-refractivity contribution is 14.1. The first kappa shape index (κ1) is 12.2. The number of nitrogens with one attached hydrogen (secondary N) is 2. The maximum absolute atomic E-state index is 4.23. The molecule has 0 spiro atoms. The van der Waals surface area contributed by atoms with Crippen LogP contribution < -0.4 is 10.6 Å².